The number of nitrogens with one attached hydrogen (secondary N) is 1. The molecule has 2 atom stereocenters. The summed E-state index contributed by atoms with van der Waals surface area (Å²) in [6.45, 7) is 13.3. The van der Waals surface area contributed by atoms with Gasteiger partial charge in [-0.2, -0.15) is 4.98 Å². The van der Waals surface area contributed by atoms with Gasteiger partial charge in [-0.3, -0.25) is 4.90 Å². The van der Waals surface area contributed by atoms with Gasteiger partial charge in [0.1, 0.15) is 12.4 Å². The van der Waals surface area contributed by atoms with Crippen LogP contribution >= 0.6 is 0 Å². The second-order valence-corrected chi connectivity index (χ2v) is 10.3. The summed E-state index contributed by atoms with van der Waals surface area (Å²) in [5, 5.41) is 3.36. The second kappa shape index (κ2) is 9.45. The lowest BCUT2D eigenvalue weighted by atomic mass is 9.86. The van der Waals surface area contributed by atoms with E-state index in [1.165, 1.54) is 16.7 Å². The topological polar surface area (TPSA) is 67.3 Å². The Labute approximate surface area is 202 Å². The van der Waals surface area contributed by atoms with Crippen molar-refractivity contribution in [2.24, 2.45) is 5.92 Å². The van der Waals surface area contributed by atoms with Crippen LogP contribution in [0.4, 0.5) is 16.6 Å². The molecular weight excluding hydrogens is 424 g/mol. The Bertz CT molecular complexity index is 1130. The molecule has 1 amide bonds. The number of ether oxygens (including phenoxy) is 1. The summed E-state index contributed by atoms with van der Waals surface area (Å²) in [7, 11) is 0. The monoisotopic (exact) mass is 458 g/mol. The Hall–Kier alpha value is -3.41. The summed E-state index contributed by atoms with van der Waals surface area (Å²) < 4.78 is 5.26. The third-order valence-corrected chi connectivity index (χ3v) is 6.40. The standard InChI is InChI=1S/C28H34N4O2/c1-18(2)24-17-34-27(33)32(24)25-15-16-29-26(31-25)30-19(3)20-7-9-21(10-8-20)22-11-13-23(14-12-22)28(4,5)6/h7-16,18-19,24H,17H2,1-6H3,(H,29,30,31)/t19-,24+/m0/s1. The van der Waals surface area contributed by atoms with E-state index >= 15 is 0 Å². The van der Waals surface area contributed by atoms with E-state index in [2.05, 4.69) is 105 Å². The average Bonchev–Trinajstić information content (AvgIpc) is 3.20. The Balaban J connectivity index is 1.47. The zero-order valence-electron chi connectivity index (χ0n) is 20.9. The first-order chi connectivity index (χ1) is 16.1. The SMILES string of the molecule is CC(C)[C@H]1COC(=O)N1c1ccnc(N[C@@H](C)c2ccc(-c3ccc(C(C)(C)C)cc3)cc2)n1. The van der Waals surface area contributed by atoms with Crippen LogP contribution in [0.5, 0.6) is 0 Å². The second-order valence-electron chi connectivity index (χ2n) is 10.3. The minimum absolute atomic E-state index is 0.000933. The quantitative estimate of drug-likeness (QED) is 0.451. The zero-order valence-corrected chi connectivity index (χ0v) is 20.9. The molecule has 1 aliphatic heterocycles. The molecule has 178 valence electrons. The van der Waals surface area contributed by atoms with Gasteiger partial charge in [-0.15, -0.1) is 0 Å². The smallest absolute Gasteiger partial charge is 0.415 e. The number of aromatic nitrogens is 2. The number of cyclic esters (lactones) is 1. The van der Waals surface area contributed by atoms with Gasteiger partial charge < -0.3 is 10.1 Å². The van der Waals surface area contributed by atoms with Crippen molar-refractivity contribution in [3.8, 4) is 11.1 Å². The van der Waals surface area contributed by atoms with Gasteiger partial charge >= 0.3 is 6.09 Å². The highest BCUT2D eigenvalue weighted by molar-refractivity contribution is 5.89. The predicted molar refractivity (Wildman–Crippen MR) is 137 cm³/mol. The number of anilines is 2. The maximum atomic E-state index is 12.3. The molecule has 0 aliphatic carbocycles. The highest BCUT2D eigenvalue weighted by atomic mass is 16.6. The first-order valence-electron chi connectivity index (χ1n) is 11.9. The van der Waals surface area contributed by atoms with Crippen LogP contribution in [-0.4, -0.2) is 28.7 Å². The minimum Gasteiger partial charge on any atom is -0.447 e. The van der Waals surface area contributed by atoms with Gasteiger partial charge in [-0.25, -0.2) is 9.78 Å². The van der Waals surface area contributed by atoms with Crippen molar-refractivity contribution in [1.29, 1.82) is 0 Å². The van der Waals surface area contributed by atoms with Crippen molar-refractivity contribution in [3.05, 3.63) is 71.9 Å². The Morgan fingerprint density at radius 1 is 0.971 bits per heavy atom. The van der Waals surface area contributed by atoms with Crippen LogP contribution in [0.2, 0.25) is 0 Å². The molecule has 1 aliphatic rings. The highest BCUT2D eigenvalue weighted by Gasteiger charge is 2.37. The normalized spacial score (nSPS) is 17.1. The number of carbonyl (C=O) groups is 1. The molecule has 34 heavy (non-hydrogen) atoms. The van der Waals surface area contributed by atoms with Gasteiger partial charge in [0.05, 0.1) is 12.1 Å². The lowest BCUT2D eigenvalue weighted by molar-refractivity contribution is 0.177. The fraction of sp³-hybridized carbons (Fsp3) is 0.393. The number of nitrogens with zero attached hydrogens (tertiary/aromatic N) is 3. The average molecular weight is 459 g/mol. The number of rotatable bonds is 6. The zero-order chi connectivity index (χ0) is 24.5. The summed E-state index contributed by atoms with van der Waals surface area (Å²) in [6, 6.07) is 19.0. The molecule has 2 heterocycles. The number of benzene rings is 2. The first kappa shape index (κ1) is 23.7. The third kappa shape index (κ3) is 5.06. The van der Waals surface area contributed by atoms with E-state index in [0.717, 1.165) is 5.56 Å². The molecule has 6 nitrogen and oxygen atoms in total. The van der Waals surface area contributed by atoms with E-state index < -0.39 is 0 Å². The van der Waals surface area contributed by atoms with Crippen molar-refractivity contribution < 1.29 is 9.53 Å². The van der Waals surface area contributed by atoms with Crippen molar-refractivity contribution in [3.63, 3.8) is 0 Å². The number of hydrogen-bond acceptors (Lipinski definition) is 5. The van der Waals surface area contributed by atoms with Crippen LogP contribution in [0.15, 0.2) is 60.8 Å². The number of carbonyl (C=O) groups excluding carboxylic acids is 1. The lowest BCUT2D eigenvalue weighted by Gasteiger charge is -2.23. The van der Waals surface area contributed by atoms with E-state index in [-0.39, 0.29) is 29.5 Å². The molecule has 6 heteroatoms. The van der Waals surface area contributed by atoms with Gasteiger partial charge in [-0.05, 0) is 46.6 Å². The van der Waals surface area contributed by atoms with E-state index in [4.69, 9.17) is 4.74 Å². The fourth-order valence-electron chi connectivity index (χ4n) is 4.15. The van der Waals surface area contributed by atoms with Crippen LogP contribution in [0.1, 0.15) is 58.7 Å². The maximum absolute atomic E-state index is 12.3. The molecule has 3 aromatic rings. The van der Waals surface area contributed by atoms with Gasteiger partial charge in [0.2, 0.25) is 5.95 Å². The van der Waals surface area contributed by atoms with Crippen molar-refractivity contribution in [2.45, 2.75) is 59.0 Å². The molecule has 0 spiro atoms. The van der Waals surface area contributed by atoms with Gasteiger partial charge in [0.15, 0.2) is 0 Å². The molecule has 0 bridgehead atoms. The van der Waals surface area contributed by atoms with Gasteiger partial charge in [-0.1, -0.05) is 83.1 Å². The number of amides is 1. The van der Waals surface area contributed by atoms with Crippen LogP contribution in [0.25, 0.3) is 11.1 Å². The summed E-state index contributed by atoms with van der Waals surface area (Å²) >= 11 is 0. The third-order valence-electron chi connectivity index (χ3n) is 6.40. The summed E-state index contributed by atoms with van der Waals surface area (Å²) in [6.07, 6.45) is 1.31. The molecule has 1 fully saturated rings. The highest BCUT2D eigenvalue weighted by Crippen LogP contribution is 2.29. The molecule has 0 saturated carbocycles. The van der Waals surface area contributed by atoms with E-state index in [0.29, 0.717) is 18.4 Å². The lowest BCUT2D eigenvalue weighted by Crippen LogP contribution is -2.37. The van der Waals surface area contributed by atoms with Gasteiger partial charge in [0.25, 0.3) is 0 Å². The summed E-state index contributed by atoms with van der Waals surface area (Å²) in [5.74, 6) is 1.30. The molecule has 1 saturated heterocycles. The Kier molecular flexibility index (Phi) is 6.60. The van der Waals surface area contributed by atoms with E-state index in [1.807, 2.05) is 0 Å². The first-order valence-corrected chi connectivity index (χ1v) is 11.9. The Morgan fingerprint density at radius 2 is 1.59 bits per heavy atom. The summed E-state index contributed by atoms with van der Waals surface area (Å²) in [5.41, 5.74) is 4.99. The molecular formula is C28H34N4O2. The summed E-state index contributed by atoms with van der Waals surface area (Å²) in [4.78, 5) is 22.9. The molecule has 0 unspecified atom stereocenters. The van der Waals surface area contributed by atoms with E-state index in [9.17, 15) is 4.79 Å². The molecule has 4 rings (SSSR count). The molecule has 2 aromatic carbocycles. The van der Waals surface area contributed by atoms with Crippen molar-refractivity contribution >= 4 is 17.9 Å². The van der Waals surface area contributed by atoms with Crippen LogP contribution in [0.3, 0.4) is 0 Å². The Morgan fingerprint density at radius 3 is 2.18 bits per heavy atom. The number of hydrogen-bond donors (Lipinski definition) is 1. The molecule has 1 aromatic heterocycles. The molecule has 0 radical (unpaired) electrons. The van der Waals surface area contributed by atoms with Crippen LogP contribution in [0, 0.1) is 5.92 Å². The largest absolute Gasteiger partial charge is 0.447 e. The van der Waals surface area contributed by atoms with Crippen LogP contribution < -0.4 is 10.2 Å². The van der Waals surface area contributed by atoms with Crippen LogP contribution in [-0.2, 0) is 10.2 Å². The fourth-order valence-corrected chi connectivity index (χ4v) is 4.15. The van der Waals surface area contributed by atoms with Crippen molar-refractivity contribution in [2.75, 3.05) is 16.8 Å². The van der Waals surface area contributed by atoms with E-state index in [1.54, 1.807) is 17.2 Å². The maximum Gasteiger partial charge on any atom is 0.415 e. The van der Waals surface area contributed by atoms with Gasteiger partial charge in [0, 0.05) is 6.20 Å². The minimum atomic E-state index is -0.359. The molecule has 1 N–H and O–H groups in total. The predicted octanol–water partition coefficient (Wildman–Crippen LogP) is 6.60. The van der Waals surface area contributed by atoms with Crippen molar-refractivity contribution in [1.82, 2.24) is 9.97 Å².